The van der Waals surface area contributed by atoms with Crippen molar-refractivity contribution in [1.29, 1.82) is 0 Å². The number of nitrogens with zero attached hydrogens (tertiary/aromatic N) is 1. The summed E-state index contributed by atoms with van der Waals surface area (Å²) < 4.78 is 37.9. The molecule has 0 spiro atoms. The average molecular weight is 474 g/mol. The van der Waals surface area contributed by atoms with Crippen molar-refractivity contribution in [2.45, 2.75) is 42.3 Å². The quantitative estimate of drug-likeness (QED) is 0.645. The number of rotatable bonds is 6. The van der Waals surface area contributed by atoms with Crippen molar-refractivity contribution in [3.05, 3.63) is 66.0 Å². The third kappa shape index (κ3) is 5.22. The van der Waals surface area contributed by atoms with Crippen LogP contribution in [0.5, 0.6) is 0 Å². The normalized spacial score (nSPS) is 22.9. The number of sulfone groups is 1. The number of carbonyl (C=O) groups excluding carboxylic acids is 3. The van der Waals surface area contributed by atoms with Gasteiger partial charge >= 0.3 is 0 Å². The Morgan fingerprint density at radius 3 is 2.48 bits per heavy atom. The first kappa shape index (κ1) is 22.9. The summed E-state index contributed by atoms with van der Waals surface area (Å²) in [7, 11) is -3.77. The maximum atomic E-state index is 13.1. The van der Waals surface area contributed by atoms with Gasteiger partial charge in [-0.25, -0.2) is 12.8 Å². The van der Waals surface area contributed by atoms with Gasteiger partial charge in [-0.1, -0.05) is 30.3 Å². The van der Waals surface area contributed by atoms with E-state index >= 15 is 0 Å². The molecule has 3 atom stereocenters. The van der Waals surface area contributed by atoms with Crippen LogP contribution in [-0.2, 0) is 30.6 Å². The van der Waals surface area contributed by atoms with E-state index in [2.05, 4.69) is 10.6 Å². The highest BCUT2D eigenvalue weighted by atomic mass is 32.2. The lowest BCUT2D eigenvalue weighted by molar-refractivity contribution is -0.151. The molecule has 8 nitrogen and oxygen atoms in total. The fraction of sp³-hybridized carbons (Fsp3) is 0.348. The number of benzene rings is 2. The van der Waals surface area contributed by atoms with Gasteiger partial charge in [0.2, 0.25) is 17.7 Å². The number of nitrogens with one attached hydrogen (secondary N) is 2. The third-order valence-corrected chi connectivity index (χ3v) is 7.58. The Kier molecular flexibility index (Phi) is 6.46. The van der Waals surface area contributed by atoms with Crippen LogP contribution in [0.1, 0.15) is 18.4 Å². The zero-order valence-corrected chi connectivity index (χ0v) is 18.6. The van der Waals surface area contributed by atoms with Crippen molar-refractivity contribution >= 4 is 27.6 Å². The standard InChI is InChI=1S/C23H24FN3O5S/c24-16-8-6-15(7-9-16)12-19-23(30)27-11-10-17(13-20(27)22(29)26-19)25-21(28)14-33(31,32)18-4-2-1-3-5-18/h1-9,17,19-20H,10-14H2,(H,25,28)(H,26,29). The van der Waals surface area contributed by atoms with Crippen molar-refractivity contribution in [2.24, 2.45) is 0 Å². The minimum atomic E-state index is -3.77. The Morgan fingerprint density at radius 2 is 1.79 bits per heavy atom. The number of piperazine rings is 1. The number of hydrogen-bond acceptors (Lipinski definition) is 5. The highest BCUT2D eigenvalue weighted by Crippen LogP contribution is 2.24. The first-order valence-corrected chi connectivity index (χ1v) is 12.3. The number of piperidine rings is 1. The summed E-state index contributed by atoms with van der Waals surface area (Å²) in [5, 5.41) is 5.43. The average Bonchev–Trinajstić information content (AvgIpc) is 2.79. The lowest BCUT2D eigenvalue weighted by atomic mass is 9.91. The van der Waals surface area contributed by atoms with E-state index in [1.807, 2.05) is 0 Å². The Morgan fingerprint density at radius 1 is 1.09 bits per heavy atom. The second-order valence-corrected chi connectivity index (χ2v) is 10.3. The molecule has 2 aromatic carbocycles. The maximum Gasteiger partial charge on any atom is 0.246 e. The van der Waals surface area contributed by atoms with E-state index in [4.69, 9.17) is 0 Å². The number of hydrogen-bond donors (Lipinski definition) is 2. The number of amides is 3. The molecule has 3 unspecified atom stereocenters. The lowest BCUT2D eigenvalue weighted by Gasteiger charge is -2.44. The van der Waals surface area contributed by atoms with Gasteiger partial charge in [-0.15, -0.1) is 0 Å². The van der Waals surface area contributed by atoms with E-state index in [0.717, 1.165) is 5.56 Å². The fourth-order valence-corrected chi connectivity index (χ4v) is 5.45. The predicted molar refractivity (Wildman–Crippen MR) is 117 cm³/mol. The summed E-state index contributed by atoms with van der Waals surface area (Å²) in [4.78, 5) is 39.6. The molecule has 2 fully saturated rings. The van der Waals surface area contributed by atoms with Crippen molar-refractivity contribution in [3.63, 3.8) is 0 Å². The van der Waals surface area contributed by atoms with Gasteiger partial charge < -0.3 is 15.5 Å². The van der Waals surface area contributed by atoms with Crippen LogP contribution in [0.15, 0.2) is 59.5 Å². The SMILES string of the molecule is O=C(CS(=O)(=O)c1ccccc1)NC1CCN2C(=O)C(Cc3ccc(F)cc3)NC(=O)C2C1. The van der Waals surface area contributed by atoms with Crippen molar-refractivity contribution in [3.8, 4) is 0 Å². The van der Waals surface area contributed by atoms with E-state index in [0.29, 0.717) is 6.42 Å². The highest BCUT2D eigenvalue weighted by Gasteiger charge is 2.44. The smallest absolute Gasteiger partial charge is 0.246 e. The molecule has 2 aliphatic heterocycles. The monoisotopic (exact) mass is 473 g/mol. The van der Waals surface area contributed by atoms with Crippen LogP contribution in [0.2, 0.25) is 0 Å². The van der Waals surface area contributed by atoms with Crippen LogP contribution in [0.3, 0.4) is 0 Å². The summed E-state index contributed by atoms with van der Waals surface area (Å²) in [6.07, 6.45) is 0.874. The van der Waals surface area contributed by atoms with Gasteiger partial charge in [-0.2, -0.15) is 0 Å². The molecular formula is C23H24FN3O5S. The number of carbonyl (C=O) groups is 3. The predicted octanol–water partition coefficient (Wildman–Crippen LogP) is 0.816. The van der Waals surface area contributed by atoms with Gasteiger partial charge in [0, 0.05) is 19.0 Å². The lowest BCUT2D eigenvalue weighted by Crippen LogP contribution is -2.67. The molecule has 2 N–H and O–H groups in total. The van der Waals surface area contributed by atoms with Crippen molar-refractivity contribution < 1.29 is 27.2 Å². The van der Waals surface area contributed by atoms with E-state index in [1.165, 1.54) is 29.2 Å². The molecule has 2 saturated heterocycles. The van der Waals surface area contributed by atoms with E-state index < -0.39 is 39.6 Å². The van der Waals surface area contributed by atoms with Crippen LogP contribution in [-0.4, -0.2) is 61.5 Å². The number of fused-ring (bicyclic) bond motifs is 1. The van der Waals surface area contributed by atoms with Crippen molar-refractivity contribution in [2.75, 3.05) is 12.3 Å². The summed E-state index contributed by atoms with van der Waals surface area (Å²) in [5.74, 6) is -2.25. The Bertz CT molecular complexity index is 1150. The van der Waals surface area contributed by atoms with Gasteiger partial charge in [0.05, 0.1) is 4.90 Å². The summed E-state index contributed by atoms with van der Waals surface area (Å²) in [5.41, 5.74) is 0.732. The molecular weight excluding hydrogens is 449 g/mol. The van der Waals surface area contributed by atoms with Crippen LogP contribution in [0.25, 0.3) is 0 Å². The molecule has 2 aromatic rings. The summed E-state index contributed by atoms with van der Waals surface area (Å²) in [6, 6.07) is 11.6. The second-order valence-electron chi connectivity index (χ2n) is 8.30. The van der Waals surface area contributed by atoms with Crippen LogP contribution >= 0.6 is 0 Å². The van der Waals surface area contributed by atoms with Gasteiger partial charge in [0.15, 0.2) is 9.84 Å². The fourth-order valence-electron chi connectivity index (χ4n) is 4.29. The number of halogens is 1. The zero-order valence-electron chi connectivity index (χ0n) is 17.7. The first-order chi connectivity index (χ1) is 15.7. The van der Waals surface area contributed by atoms with Crippen LogP contribution in [0, 0.1) is 5.82 Å². The second kappa shape index (κ2) is 9.30. The first-order valence-electron chi connectivity index (χ1n) is 10.7. The topological polar surface area (TPSA) is 113 Å². The summed E-state index contributed by atoms with van der Waals surface area (Å²) in [6.45, 7) is 0.271. The largest absolute Gasteiger partial charge is 0.352 e. The molecule has 2 aliphatic rings. The summed E-state index contributed by atoms with van der Waals surface area (Å²) >= 11 is 0. The van der Waals surface area contributed by atoms with Gasteiger partial charge in [-0.3, -0.25) is 14.4 Å². The van der Waals surface area contributed by atoms with Crippen LogP contribution in [0.4, 0.5) is 4.39 Å². The molecule has 2 heterocycles. The molecule has 0 bridgehead atoms. The van der Waals surface area contributed by atoms with Gasteiger partial charge in [0.1, 0.15) is 23.7 Å². The minimum absolute atomic E-state index is 0.0689. The molecule has 0 saturated carbocycles. The highest BCUT2D eigenvalue weighted by molar-refractivity contribution is 7.92. The van der Waals surface area contributed by atoms with Crippen molar-refractivity contribution in [1.82, 2.24) is 15.5 Å². The van der Waals surface area contributed by atoms with Gasteiger partial charge in [-0.05, 0) is 42.7 Å². The molecule has 4 rings (SSSR count). The third-order valence-electron chi connectivity index (χ3n) is 5.94. The van der Waals surface area contributed by atoms with Crippen LogP contribution < -0.4 is 10.6 Å². The molecule has 0 aliphatic carbocycles. The molecule has 0 aromatic heterocycles. The zero-order chi connectivity index (χ0) is 23.6. The van der Waals surface area contributed by atoms with Gasteiger partial charge in [0.25, 0.3) is 0 Å². The molecule has 174 valence electrons. The van der Waals surface area contributed by atoms with E-state index in [1.54, 1.807) is 30.3 Å². The Labute approximate surface area is 191 Å². The molecule has 3 amide bonds. The molecule has 0 radical (unpaired) electrons. The molecule has 33 heavy (non-hydrogen) atoms. The van der Waals surface area contributed by atoms with E-state index in [9.17, 15) is 27.2 Å². The maximum absolute atomic E-state index is 13.1. The Balaban J connectivity index is 1.35. The van der Waals surface area contributed by atoms with E-state index in [-0.39, 0.29) is 41.9 Å². The molecule has 10 heteroatoms. The minimum Gasteiger partial charge on any atom is -0.352 e. The Hall–Kier alpha value is -3.27.